The van der Waals surface area contributed by atoms with Crippen LogP contribution in [-0.4, -0.2) is 28.0 Å². The highest BCUT2D eigenvalue weighted by Crippen LogP contribution is 2.40. The molecular weight excluding hydrogens is 356 g/mol. The summed E-state index contributed by atoms with van der Waals surface area (Å²) in [4.78, 5) is 13.2. The van der Waals surface area contributed by atoms with E-state index in [0.717, 1.165) is 31.6 Å². The number of aromatic nitrogens is 3. The number of H-pyrrole nitrogens is 1. The number of aromatic amines is 1. The molecule has 0 saturated carbocycles. The van der Waals surface area contributed by atoms with Crippen LogP contribution in [0.3, 0.4) is 0 Å². The smallest absolute Gasteiger partial charge is 0.137 e. The molecule has 4 nitrogen and oxygen atoms in total. The number of allylic oxidation sites excluding steroid dienone is 2. The minimum absolute atomic E-state index is 0.637. The average Bonchev–Trinajstić information content (AvgIpc) is 3.35. The minimum atomic E-state index is 0.637. The second-order valence-corrected chi connectivity index (χ2v) is 8.95. The van der Waals surface area contributed by atoms with Gasteiger partial charge in [-0.2, -0.15) is 0 Å². The van der Waals surface area contributed by atoms with Gasteiger partial charge < -0.3 is 10.3 Å². The normalized spacial score (nSPS) is 19.6. The van der Waals surface area contributed by atoms with Crippen molar-refractivity contribution in [3.05, 3.63) is 64.2 Å². The maximum Gasteiger partial charge on any atom is 0.137 e. The van der Waals surface area contributed by atoms with Crippen LogP contribution in [0.15, 0.2) is 36.2 Å². The number of hydrogen-bond donors (Lipinski definition) is 2. The lowest BCUT2D eigenvalue weighted by molar-refractivity contribution is 0.462. The summed E-state index contributed by atoms with van der Waals surface area (Å²) in [5.41, 5.74) is 10.9. The van der Waals surface area contributed by atoms with E-state index in [1.54, 1.807) is 11.1 Å². The summed E-state index contributed by atoms with van der Waals surface area (Å²) in [5, 5.41) is 4.77. The van der Waals surface area contributed by atoms with Gasteiger partial charge >= 0.3 is 0 Å². The summed E-state index contributed by atoms with van der Waals surface area (Å²) in [6.45, 7) is 2.23. The van der Waals surface area contributed by atoms with Gasteiger partial charge in [-0.1, -0.05) is 11.6 Å². The van der Waals surface area contributed by atoms with Crippen molar-refractivity contribution >= 4 is 16.6 Å². The van der Waals surface area contributed by atoms with E-state index in [4.69, 9.17) is 9.97 Å². The first-order valence-corrected chi connectivity index (χ1v) is 11.2. The summed E-state index contributed by atoms with van der Waals surface area (Å²) in [7, 11) is 0. The molecule has 3 aromatic heterocycles. The zero-order valence-electron chi connectivity index (χ0n) is 16.9. The fourth-order valence-electron chi connectivity index (χ4n) is 5.59. The molecule has 1 fully saturated rings. The van der Waals surface area contributed by atoms with Gasteiger partial charge in [0.15, 0.2) is 0 Å². The molecule has 29 heavy (non-hydrogen) atoms. The molecule has 0 spiro atoms. The maximum absolute atomic E-state index is 5.07. The van der Waals surface area contributed by atoms with Crippen LogP contribution in [0.25, 0.3) is 16.6 Å². The molecule has 0 aromatic carbocycles. The molecule has 2 aliphatic carbocycles. The van der Waals surface area contributed by atoms with E-state index in [-0.39, 0.29) is 0 Å². The zero-order valence-corrected chi connectivity index (χ0v) is 16.9. The van der Waals surface area contributed by atoms with E-state index in [9.17, 15) is 0 Å². The molecule has 4 heteroatoms. The number of piperidine rings is 1. The third-order valence-electron chi connectivity index (χ3n) is 7.10. The maximum atomic E-state index is 5.07. The Hall–Kier alpha value is -2.46. The summed E-state index contributed by atoms with van der Waals surface area (Å²) in [6.07, 6.45) is 13.8. The van der Waals surface area contributed by atoms with Crippen LogP contribution in [0.5, 0.6) is 0 Å². The van der Waals surface area contributed by atoms with Crippen LogP contribution in [0.1, 0.15) is 72.5 Å². The summed E-state index contributed by atoms with van der Waals surface area (Å²) in [5.74, 6) is 0.637. The topological polar surface area (TPSA) is 53.6 Å². The van der Waals surface area contributed by atoms with Crippen molar-refractivity contribution in [3.63, 3.8) is 0 Å². The molecule has 148 valence electrons. The number of nitrogens with zero attached hydrogens (tertiary/aromatic N) is 2. The van der Waals surface area contributed by atoms with Crippen molar-refractivity contribution < 1.29 is 0 Å². The highest BCUT2D eigenvalue weighted by molar-refractivity contribution is 5.81. The number of pyridine rings is 2. The molecule has 1 aliphatic heterocycles. The Labute approximate surface area is 171 Å². The van der Waals surface area contributed by atoms with E-state index in [0.29, 0.717) is 5.92 Å². The van der Waals surface area contributed by atoms with Crippen LogP contribution >= 0.6 is 0 Å². The van der Waals surface area contributed by atoms with Crippen LogP contribution in [0.2, 0.25) is 0 Å². The van der Waals surface area contributed by atoms with Crippen LogP contribution in [0, 0.1) is 0 Å². The Kier molecular flexibility index (Phi) is 4.26. The summed E-state index contributed by atoms with van der Waals surface area (Å²) < 4.78 is 0. The monoisotopic (exact) mass is 384 g/mol. The average molecular weight is 385 g/mol. The fourth-order valence-corrected chi connectivity index (χ4v) is 5.59. The van der Waals surface area contributed by atoms with Crippen molar-refractivity contribution in [1.29, 1.82) is 0 Å². The molecule has 3 aromatic rings. The molecular formula is C25H28N4. The van der Waals surface area contributed by atoms with Crippen molar-refractivity contribution in [1.82, 2.24) is 20.3 Å². The fraction of sp³-hybridized carbons (Fsp3) is 0.440. The standard InChI is InChI=1S/C25H28N4/c1-2-4-20-18(3-1)13-24-21(20)6-5-19(29-24)11-16-12-22-23(15-28-25(22)27-14-16)17-7-9-26-10-8-17/h5-6,12,14-15,17,26H,1-4,7-11,13H2,(H,27,28). The van der Waals surface area contributed by atoms with Crippen LogP contribution in [-0.2, 0) is 12.8 Å². The second-order valence-electron chi connectivity index (χ2n) is 8.95. The molecule has 0 bridgehead atoms. The van der Waals surface area contributed by atoms with E-state index in [2.05, 4.69) is 34.7 Å². The van der Waals surface area contributed by atoms with Crippen molar-refractivity contribution in [2.45, 2.75) is 57.3 Å². The SMILES string of the molecule is c1nc2[nH]cc(C3CCNCC3)c2cc1Cc1ccc2c(n1)CC1=C2CCCC1. The van der Waals surface area contributed by atoms with E-state index in [1.165, 1.54) is 72.0 Å². The van der Waals surface area contributed by atoms with Gasteiger partial charge in [-0.3, -0.25) is 4.98 Å². The minimum Gasteiger partial charge on any atom is -0.346 e. The molecule has 0 unspecified atom stereocenters. The summed E-state index contributed by atoms with van der Waals surface area (Å²) >= 11 is 0. The molecule has 6 rings (SSSR count). The molecule has 0 atom stereocenters. The van der Waals surface area contributed by atoms with Crippen LogP contribution < -0.4 is 5.32 Å². The van der Waals surface area contributed by atoms with E-state index >= 15 is 0 Å². The van der Waals surface area contributed by atoms with Gasteiger partial charge in [0.1, 0.15) is 5.65 Å². The molecule has 3 aliphatic rings. The van der Waals surface area contributed by atoms with Gasteiger partial charge in [0.2, 0.25) is 0 Å². The van der Waals surface area contributed by atoms with Crippen molar-refractivity contribution in [2.24, 2.45) is 0 Å². The van der Waals surface area contributed by atoms with Gasteiger partial charge in [0.05, 0.1) is 5.69 Å². The van der Waals surface area contributed by atoms with E-state index in [1.807, 2.05) is 6.20 Å². The molecule has 0 amide bonds. The van der Waals surface area contributed by atoms with Gasteiger partial charge in [-0.05, 0) is 91.9 Å². The van der Waals surface area contributed by atoms with Gasteiger partial charge in [-0.25, -0.2) is 4.98 Å². The first kappa shape index (κ1) is 17.4. The highest BCUT2D eigenvalue weighted by atomic mass is 14.9. The molecule has 4 heterocycles. The van der Waals surface area contributed by atoms with Gasteiger partial charge in [0, 0.05) is 36.3 Å². The number of nitrogens with one attached hydrogen (secondary N) is 2. The summed E-state index contributed by atoms with van der Waals surface area (Å²) in [6, 6.07) is 6.90. The van der Waals surface area contributed by atoms with Gasteiger partial charge in [0.25, 0.3) is 0 Å². The Morgan fingerprint density at radius 1 is 1.07 bits per heavy atom. The lowest BCUT2D eigenvalue weighted by Gasteiger charge is -2.22. The number of hydrogen-bond acceptors (Lipinski definition) is 3. The predicted octanol–water partition coefficient (Wildman–Crippen LogP) is 4.90. The Morgan fingerprint density at radius 3 is 2.90 bits per heavy atom. The van der Waals surface area contributed by atoms with Crippen molar-refractivity contribution in [3.8, 4) is 0 Å². The molecule has 0 radical (unpaired) electrons. The van der Waals surface area contributed by atoms with E-state index < -0.39 is 0 Å². The quantitative estimate of drug-likeness (QED) is 0.675. The lowest BCUT2D eigenvalue weighted by atomic mass is 9.90. The third kappa shape index (κ3) is 3.10. The Bertz CT molecular complexity index is 1100. The molecule has 2 N–H and O–H groups in total. The number of fused-ring (bicyclic) bond motifs is 3. The van der Waals surface area contributed by atoms with Gasteiger partial charge in [-0.15, -0.1) is 0 Å². The predicted molar refractivity (Wildman–Crippen MR) is 117 cm³/mol. The third-order valence-corrected chi connectivity index (χ3v) is 7.10. The largest absolute Gasteiger partial charge is 0.346 e. The highest BCUT2D eigenvalue weighted by Gasteiger charge is 2.25. The number of rotatable bonds is 3. The Morgan fingerprint density at radius 2 is 1.97 bits per heavy atom. The zero-order chi connectivity index (χ0) is 19.2. The van der Waals surface area contributed by atoms with Crippen LogP contribution in [0.4, 0.5) is 0 Å². The lowest BCUT2D eigenvalue weighted by Crippen LogP contribution is -2.26. The first-order valence-electron chi connectivity index (χ1n) is 11.2. The van der Waals surface area contributed by atoms with Crippen molar-refractivity contribution in [2.75, 3.05) is 13.1 Å². The Balaban J connectivity index is 1.28. The molecule has 1 saturated heterocycles. The second kappa shape index (κ2) is 7.10. The first-order chi connectivity index (χ1) is 14.3.